The van der Waals surface area contributed by atoms with Gasteiger partial charge in [0.15, 0.2) is 0 Å². The molecule has 0 atom stereocenters. The summed E-state index contributed by atoms with van der Waals surface area (Å²) in [5.74, 6) is 0. The first-order valence-corrected chi connectivity index (χ1v) is 7.96. The number of benzene rings is 1. The number of nitrogens with one attached hydrogen (secondary N) is 1. The van der Waals surface area contributed by atoms with Crippen LogP contribution in [0.4, 0.5) is 10.5 Å². The lowest BCUT2D eigenvalue weighted by Gasteiger charge is -2.35. The monoisotopic (exact) mass is 304 g/mol. The van der Waals surface area contributed by atoms with Gasteiger partial charge in [-0.15, -0.1) is 0 Å². The van der Waals surface area contributed by atoms with E-state index >= 15 is 0 Å². The Morgan fingerprint density at radius 3 is 2.45 bits per heavy atom. The summed E-state index contributed by atoms with van der Waals surface area (Å²) in [6.45, 7) is 9.72. The summed E-state index contributed by atoms with van der Waals surface area (Å²) in [6.07, 6.45) is 0. The van der Waals surface area contributed by atoms with Gasteiger partial charge in [0.1, 0.15) is 0 Å². The first-order chi connectivity index (χ1) is 10.5. The lowest BCUT2D eigenvalue weighted by molar-refractivity contribution is 0.140. The summed E-state index contributed by atoms with van der Waals surface area (Å²) < 4.78 is 0. The highest BCUT2D eigenvalue weighted by molar-refractivity contribution is 5.90. The van der Waals surface area contributed by atoms with Crippen LogP contribution in [0.25, 0.3) is 0 Å². The van der Waals surface area contributed by atoms with Gasteiger partial charge in [-0.1, -0.05) is 17.7 Å². The van der Waals surface area contributed by atoms with Crippen molar-refractivity contribution < 1.29 is 4.79 Å². The third kappa shape index (κ3) is 4.71. The number of amides is 2. The highest BCUT2D eigenvalue weighted by Crippen LogP contribution is 2.17. The van der Waals surface area contributed by atoms with E-state index in [0.29, 0.717) is 0 Å². The summed E-state index contributed by atoms with van der Waals surface area (Å²) in [6, 6.07) is 6.12. The van der Waals surface area contributed by atoms with E-state index in [0.717, 1.165) is 50.5 Å². The number of hydrogen-bond donors (Lipinski definition) is 1. The van der Waals surface area contributed by atoms with Crippen molar-refractivity contribution in [2.24, 2.45) is 0 Å². The molecule has 1 N–H and O–H groups in total. The normalized spacial score (nSPS) is 16.1. The van der Waals surface area contributed by atoms with E-state index in [4.69, 9.17) is 0 Å². The second-order valence-electron chi connectivity index (χ2n) is 6.38. The minimum atomic E-state index is 0.0132. The SMILES string of the molecule is Cc1ccc(NC(=O)N2CCN(CCN(C)C)CC2)c(C)c1. The maximum Gasteiger partial charge on any atom is 0.321 e. The van der Waals surface area contributed by atoms with Crippen LogP contribution in [0.3, 0.4) is 0 Å². The Morgan fingerprint density at radius 2 is 1.86 bits per heavy atom. The first kappa shape index (κ1) is 16.8. The Kier molecular flexibility index (Phi) is 5.80. The molecule has 2 rings (SSSR count). The molecule has 1 saturated heterocycles. The van der Waals surface area contributed by atoms with E-state index < -0.39 is 0 Å². The first-order valence-electron chi connectivity index (χ1n) is 7.96. The predicted octanol–water partition coefficient (Wildman–Crippen LogP) is 2.01. The molecule has 1 fully saturated rings. The smallest absolute Gasteiger partial charge is 0.321 e. The van der Waals surface area contributed by atoms with Gasteiger partial charge in [-0.3, -0.25) is 4.90 Å². The van der Waals surface area contributed by atoms with Gasteiger partial charge in [-0.2, -0.15) is 0 Å². The molecule has 0 aromatic heterocycles. The van der Waals surface area contributed by atoms with E-state index in [1.54, 1.807) is 0 Å². The fourth-order valence-corrected chi connectivity index (χ4v) is 2.66. The van der Waals surface area contributed by atoms with Gasteiger partial charge >= 0.3 is 6.03 Å². The zero-order chi connectivity index (χ0) is 16.1. The van der Waals surface area contributed by atoms with Gasteiger partial charge in [0.2, 0.25) is 0 Å². The third-order valence-corrected chi connectivity index (χ3v) is 4.15. The van der Waals surface area contributed by atoms with E-state index in [-0.39, 0.29) is 6.03 Å². The topological polar surface area (TPSA) is 38.8 Å². The van der Waals surface area contributed by atoms with Crippen molar-refractivity contribution >= 4 is 11.7 Å². The molecule has 1 aliphatic heterocycles. The zero-order valence-corrected chi connectivity index (χ0v) is 14.2. The van der Waals surface area contributed by atoms with E-state index in [9.17, 15) is 4.79 Å². The van der Waals surface area contributed by atoms with Crippen LogP contribution in [0.2, 0.25) is 0 Å². The van der Waals surface area contributed by atoms with Gasteiger partial charge in [0.25, 0.3) is 0 Å². The van der Waals surface area contributed by atoms with Crippen LogP contribution in [-0.2, 0) is 0 Å². The number of nitrogens with zero attached hydrogens (tertiary/aromatic N) is 3. The highest BCUT2D eigenvalue weighted by atomic mass is 16.2. The summed E-state index contributed by atoms with van der Waals surface area (Å²) >= 11 is 0. The quantitative estimate of drug-likeness (QED) is 0.925. The number of hydrogen-bond acceptors (Lipinski definition) is 3. The fraction of sp³-hybridized carbons (Fsp3) is 0.588. The molecule has 122 valence electrons. The average molecular weight is 304 g/mol. The van der Waals surface area contributed by atoms with Crippen LogP contribution in [-0.4, -0.2) is 74.1 Å². The molecule has 0 spiro atoms. The number of anilines is 1. The second kappa shape index (κ2) is 7.61. The molecular weight excluding hydrogens is 276 g/mol. The molecule has 2 amide bonds. The standard InChI is InChI=1S/C17H28N4O/c1-14-5-6-16(15(2)13-14)18-17(22)21-11-9-20(10-12-21)8-7-19(3)4/h5-6,13H,7-12H2,1-4H3,(H,18,22). The third-order valence-electron chi connectivity index (χ3n) is 4.15. The van der Waals surface area contributed by atoms with E-state index in [1.807, 2.05) is 24.0 Å². The molecule has 1 aromatic carbocycles. The number of carbonyl (C=O) groups excluding carboxylic acids is 1. The van der Waals surface area contributed by atoms with Crippen LogP contribution in [0.15, 0.2) is 18.2 Å². The van der Waals surface area contributed by atoms with Gasteiger partial charge in [0, 0.05) is 45.0 Å². The van der Waals surface area contributed by atoms with Crippen molar-refractivity contribution in [3.05, 3.63) is 29.3 Å². The number of likely N-dealkylation sites (N-methyl/N-ethyl adjacent to an activating group) is 1. The minimum absolute atomic E-state index is 0.0132. The number of aryl methyl sites for hydroxylation is 2. The molecule has 0 radical (unpaired) electrons. The Balaban J connectivity index is 1.82. The molecule has 0 bridgehead atoms. The Morgan fingerprint density at radius 1 is 1.18 bits per heavy atom. The van der Waals surface area contributed by atoms with Crippen LogP contribution >= 0.6 is 0 Å². The van der Waals surface area contributed by atoms with Crippen molar-refractivity contribution in [1.82, 2.24) is 14.7 Å². The van der Waals surface area contributed by atoms with E-state index in [1.165, 1.54) is 5.56 Å². The molecule has 1 aliphatic rings. The summed E-state index contributed by atoms with van der Waals surface area (Å²) in [5.41, 5.74) is 3.23. The van der Waals surface area contributed by atoms with Gasteiger partial charge < -0.3 is 15.1 Å². The molecule has 5 heteroatoms. The Labute approximate surface area is 133 Å². The largest absolute Gasteiger partial charge is 0.322 e. The highest BCUT2D eigenvalue weighted by Gasteiger charge is 2.21. The van der Waals surface area contributed by atoms with Crippen LogP contribution < -0.4 is 5.32 Å². The zero-order valence-electron chi connectivity index (χ0n) is 14.2. The molecule has 0 saturated carbocycles. The summed E-state index contributed by atoms with van der Waals surface area (Å²) in [5, 5.41) is 3.03. The van der Waals surface area contributed by atoms with Gasteiger partial charge in [0.05, 0.1) is 0 Å². The maximum atomic E-state index is 12.4. The predicted molar refractivity (Wildman–Crippen MR) is 91.5 cm³/mol. The van der Waals surface area contributed by atoms with Crippen LogP contribution in [0, 0.1) is 13.8 Å². The number of urea groups is 1. The molecule has 5 nitrogen and oxygen atoms in total. The Hall–Kier alpha value is -1.59. The number of rotatable bonds is 4. The van der Waals surface area contributed by atoms with Crippen molar-refractivity contribution in [2.75, 3.05) is 58.7 Å². The maximum absolute atomic E-state index is 12.4. The fourth-order valence-electron chi connectivity index (χ4n) is 2.66. The minimum Gasteiger partial charge on any atom is -0.322 e. The van der Waals surface area contributed by atoms with Crippen molar-refractivity contribution in [3.63, 3.8) is 0 Å². The van der Waals surface area contributed by atoms with Crippen molar-refractivity contribution in [2.45, 2.75) is 13.8 Å². The summed E-state index contributed by atoms with van der Waals surface area (Å²) in [4.78, 5) is 18.9. The molecular formula is C17H28N4O. The average Bonchev–Trinajstić information content (AvgIpc) is 2.48. The molecule has 1 heterocycles. The molecule has 1 aromatic rings. The van der Waals surface area contributed by atoms with Crippen molar-refractivity contribution in [3.8, 4) is 0 Å². The van der Waals surface area contributed by atoms with Crippen molar-refractivity contribution in [1.29, 1.82) is 0 Å². The second-order valence-corrected chi connectivity index (χ2v) is 6.38. The van der Waals surface area contributed by atoms with Gasteiger partial charge in [-0.25, -0.2) is 4.79 Å². The molecule has 0 aliphatic carbocycles. The Bertz CT molecular complexity index is 507. The van der Waals surface area contributed by atoms with Crippen LogP contribution in [0.5, 0.6) is 0 Å². The lowest BCUT2D eigenvalue weighted by atomic mass is 10.1. The van der Waals surface area contributed by atoms with Gasteiger partial charge in [-0.05, 0) is 39.6 Å². The number of carbonyl (C=O) groups is 1. The summed E-state index contributed by atoms with van der Waals surface area (Å²) in [7, 11) is 4.18. The lowest BCUT2D eigenvalue weighted by Crippen LogP contribution is -2.51. The van der Waals surface area contributed by atoms with Crippen LogP contribution in [0.1, 0.15) is 11.1 Å². The van der Waals surface area contributed by atoms with E-state index in [2.05, 4.69) is 42.2 Å². The molecule has 0 unspecified atom stereocenters. The molecule has 22 heavy (non-hydrogen) atoms. The number of piperazine rings is 1.